The Hall–Kier alpha value is -2.99. The highest BCUT2D eigenvalue weighted by Crippen LogP contribution is 2.24. The zero-order valence-electron chi connectivity index (χ0n) is 17.4. The van der Waals surface area contributed by atoms with Gasteiger partial charge in [0.25, 0.3) is 0 Å². The van der Waals surface area contributed by atoms with Crippen LogP contribution in [0.1, 0.15) is 33.6 Å². The van der Waals surface area contributed by atoms with Crippen LogP contribution in [0, 0.1) is 12.7 Å². The number of amides is 1. The minimum Gasteiger partial charge on any atom is -0.370 e. The summed E-state index contributed by atoms with van der Waals surface area (Å²) in [4.78, 5) is 14.6. The van der Waals surface area contributed by atoms with E-state index in [2.05, 4.69) is 36.3 Å². The van der Waals surface area contributed by atoms with E-state index in [9.17, 15) is 9.18 Å². The average Bonchev–Trinajstić information content (AvgIpc) is 3.06. The van der Waals surface area contributed by atoms with Gasteiger partial charge in [0.1, 0.15) is 5.82 Å². The fourth-order valence-electron chi connectivity index (χ4n) is 3.84. The molecule has 0 saturated carbocycles. The van der Waals surface area contributed by atoms with Crippen molar-refractivity contribution in [3.63, 3.8) is 0 Å². The summed E-state index contributed by atoms with van der Waals surface area (Å²) in [5.74, 6) is -0.248. The number of carbonyl (C=O) groups is 1. The summed E-state index contributed by atoms with van der Waals surface area (Å²) in [7, 11) is 1.94. The van der Waals surface area contributed by atoms with Crippen molar-refractivity contribution in [1.82, 2.24) is 14.7 Å². The molecule has 1 aromatic heterocycles. The Labute approximate surface area is 176 Å². The van der Waals surface area contributed by atoms with E-state index < -0.39 is 0 Å². The summed E-state index contributed by atoms with van der Waals surface area (Å²) >= 11 is 0. The van der Waals surface area contributed by atoms with Crippen molar-refractivity contribution in [1.29, 1.82) is 0 Å². The minimum atomic E-state index is -0.292. The minimum absolute atomic E-state index is 0.0441. The number of carbonyl (C=O) groups excluding carboxylic acids is 1. The third-order valence-corrected chi connectivity index (χ3v) is 5.57. The number of nitrogens with zero attached hydrogens (tertiary/aromatic N) is 3. The van der Waals surface area contributed by atoms with Crippen LogP contribution in [0.25, 0.3) is 0 Å². The fourth-order valence-corrected chi connectivity index (χ4v) is 3.84. The third kappa shape index (κ3) is 4.60. The SMILES string of the molecule is Cc1ccc(COCc2nn(C)c3c2CN(C(=O)Cc2ccc(F)cc2)CC3)cc1. The lowest BCUT2D eigenvalue weighted by Gasteiger charge is -2.28. The molecule has 0 spiro atoms. The number of aromatic nitrogens is 2. The Morgan fingerprint density at radius 1 is 1.07 bits per heavy atom. The first kappa shape index (κ1) is 20.3. The highest BCUT2D eigenvalue weighted by molar-refractivity contribution is 5.79. The van der Waals surface area contributed by atoms with Crippen molar-refractivity contribution in [3.05, 3.63) is 88.0 Å². The Kier molecular flexibility index (Phi) is 5.95. The molecule has 0 fully saturated rings. The molecule has 0 unspecified atom stereocenters. The lowest BCUT2D eigenvalue weighted by atomic mass is 10.0. The van der Waals surface area contributed by atoms with Crippen LogP contribution in [0.5, 0.6) is 0 Å². The summed E-state index contributed by atoms with van der Waals surface area (Å²) in [5, 5.41) is 4.64. The number of fused-ring (bicyclic) bond motifs is 1. The van der Waals surface area contributed by atoms with E-state index in [-0.39, 0.29) is 18.1 Å². The summed E-state index contributed by atoms with van der Waals surface area (Å²) < 4.78 is 20.9. The van der Waals surface area contributed by atoms with Crippen LogP contribution in [0.2, 0.25) is 0 Å². The first-order valence-corrected chi connectivity index (χ1v) is 10.2. The van der Waals surface area contributed by atoms with Crippen molar-refractivity contribution in [2.24, 2.45) is 7.05 Å². The molecule has 30 heavy (non-hydrogen) atoms. The lowest BCUT2D eigenvalue weighted by Crippen LogP contribution is -2.37. The molecule has 6 heteroatoms. The van der Waals surface area contributed by atoms with E-state index in [0.29, 0.717) is 26.3 Å². The predicted molar refractivity (Wildman–Crippen MR) is 112 cm³/mol. The van der Waals surface area contributed by atoms with E-state index in [1.54, 1.807) is 12.1 Å². The molecule has 2 aromatic carbocycles. The maximum atomic E-state index is 13.1. The second-order valence-electron chi connectivity index (χ2n) is 7.84. The molecule has 0 N–H and O–H groups in total. The van der Waals surface area contributed by atoms with Crippen molar-refractivity contribution in [2.45, 2.75) is 39.5 Å². The van der Waals surface area contributed by atoms with Crippen LogP contribution < -0.4 is 0 Å². The predicted octanol–water partition coefficient (Wildman–Crippen LogP) is 3.71. The smallest absolute Gasteiger partial charge is 0.227 e. The van der Waals surface area contributed by atoms with E-state index in [4.69, 9.17) is 4.74 Å². The molecule has 0 saturated heterocycles. The molecule has 0 atom stereocenters. The topological polar surface area (TPSA) is 47.4 Å². The average molecular weight is 407 g/mol. The van der Waals surface area contributed by atoms with Crippen molar-refractivity contribution >= 4 is 5.91 Å². The van der Waals surface area contributed by atoms with Gasteiger partial charge in [0.15, 0.2) is 0 Å². The van der Waals surface area contributed by atoms with Crippen LogP contribution in [-0.2, 0) is 49.2 Å². The van der Waals surface area contributed by atoms with Crippen LogP contribution in [-0.4, -0.2) is 27.1 Å². The number of hydrogen-bond acceptors (Lipinski definition) is 3. The van der Waals surface area contributed by atoms with Gasteiger partial charge in [-0.1, -0.05) is 42.0 Å². The molecule has 0 aliphatic carbocycles. The van der Waals surface area contributed by atoms with E-state index in [1.165, 1.54) is 17.7 Å². The molecule has 1 aliphatic rings. The molecule has 5 nitrogen and oxygen atoms in total. The second kappa shape index (κ2) is 8.79. The Balaban J connectivity index is 1.40. The van der Waals surface area contributed by atoms with Gasteiger partial charge < -0.3 is 9.64 Å². The van der Waals surface area contributed by atoms with Crippen LogP contribution >= 0.6 is 0 Å². The molecule has 0 radical (unpaired) electrons. The van der Waals surface area contributed by atoms with Crippen LogP contribution in [0.3, 0.4) is 0 Å². The first-order valence-electron chi connectivity index (χ1n) is 10.2. The number of rotatable bonds is 6. The van der Waals surface area contributed by atoms with Crippen molar-refractivity contribution in [3.8, 4) is 0 Å². The van der Waals surface area contributed by atoms with Crippen LogP contribution in [0.4, 0.5) is 4.39 Å². The summed E-state index contributed by atoms with van der Waals surface area (Å²) in [6.45, 7) is 4.20. The van der Waals surface area contributed by atoms with Gasteiger partial charge in [-0.15, -0.1) is 0 Å². The van der Waals surface area contributed by atoms with Gasteiger partial charge in [-0.2, -0.15) is 5.10 Å². The number of halogens is 1. The Morgan fingerprint density at radius 2 is 1.77 bits per heavy atom. The molecule has 3 aromatic rings. The molecule has 1 amide bonds. The van der Waals surface area contributed by atoms with Gasteiger partial charge in [0, 0.05) is 37.8 Å². The van der Waals surface area contributed by atoms with E-state index in [0.717, 1.165) is 34.5 Å². The molecule has 1 aliphatic heterocycles. The maximum absolute atomic E-state index is 13.1. The zero-order chi connectivity index (χ0) is 21.1. The highest BCUT2D eigenvalue weighted by atomic mass is 19.1. The number of hydrogen-bond donors (Lipinski definition) is 0. The van der Waals surface area contributed by atoms with Gasteiger partial charge in [0.05, 0.1) is 25.3 Å². The van der Waals surface area contributed by atoms with E-state index >= 15 is 0 Å². The lowest BCUT2D eigenvalue weighted by molar-refractivity contribution is -0.131. The number of aryl methyl sites for hydroxylation is 2. The molecule has 0 bridgehead atoms. The molecule has 156 valence electrons. The van der Waals surface area contributed by atoms with Gasteiger partial charge in [-0.05, 0) is 30.2 Å². The molecule has 2 heterocycles. The fraction of sp³-hybridized carbons (Fsp3) is 0.333. The number of benzene rings is 2. The summed E-state index contributed by atoms with van der Waals surface area (Å²) in [5.41, 5.74) is 6.30. The Bertz CT molecular complexity index is 1030. The zero-order valence-corrected chi connectivity index (χ0v) is 17.4. The maximum Gasteiger partial charge on any atom is 0.227 e. The molecule has 4 rings (SSSR count). The quantitative estimate of drug-likeness (QED) is 0.626. The summed E-state index contributed by atoms with van der Waals surface area (Å²) in [6.07, 6.45) is 1.04. The summed E-state index contributed by atoms with van der Waals surface area (Å²) in [6, 6.07) is 14.4. The second-order valence-corrected chi connectivity index (χ2v) is 7.84. The standard InChI is InChI=1S/C24H26FN3O2/c1-17-3-5-19(6-4-17)15-30-16-22-21-14-28(12-11-23(21)27(2)26-22)24(29)13-18-7-9-20(25)10-8-18/h3-10H,11-16H2,1-2H3. The van der Waals surface area contributed by atoms with E-state index in [1.807, 2.05) is 16.6 Å². The Morgan fingerprint density at radius 3 is 2.50 bits per heavy atom. The van der Waals surface area contributed by atoms with Crippen molar-refractivity contribution in [2.75, 3.05) is 6.54 Å². The van der Waals surface area contributed by atoms with Gasteiger partial charge in [-0.25, -0.2) is 4.39 Å². The monoisotopic (exact) mass is 407 g/mol. The van der Waals surface area contributed by atoms with Gasteiger partial charge in [-0.3, -0.25) is 9.48 Å². The molecular weight excluding hydrogens is 381 g/mol. The van der Waals surface area contributed by atoms with Crippen LogP contribution in [0.15, 0.2) is 48.5 Å². The normalized spacial score (nSPS) is 13.4. The molecular formula is C24H26FN3O2. The van der Waals surface area contributed by atoms with Crippen molar-refractivity contribution < 1.29 is 13.9 Å². The third-order valence-electron chi connectivity index (χ3n) is 5.57. The van der Waals surface area contributed by atoms with Gasteiger partial charge >= 0.3 is 0 Å². The largest absolute Gasteiger partial charge is 0.370 e. The number of ether oxygens (including phenoxy) is 1. The first-order chi connectivity index (χ1) is 14.5. The van der Waals surface area contributed by atoms with Gasteiger partial charge in [0.2, 0.25) is 5.91 Å². The highest BCUT2D eigenvalue weighted by Gasteiger charge is 2.26.